The van der Waals surface area contributed by atoms with Crippen LogP contribution >= 0.6 is 11.8 Å². The lowest BCUT2D eigenvalue weighted by atomic mass is 9.86. The molecule has 50 heavy (non-hydrogen) atoms. The summed E-state index contributed by atoms with van der Waals surface area (Å²) in [6.45, 7) is 4.60. The van der Waals surface area contributed by atoms with Crippen molar-refractivity contribution in [3.63, 3.8) is 0 Å². The largest absolute Gasteiger partial charge is 0.462 e. The molecule has 3 aliphatic carbocycles. The van der Waals surface area contributed by atoms with Crippen LogP contribution in [0.5, 0.6) is 0 Å². The molecule has 3 rings (SSSR count). The quantitative estimate of drug-likeness (QED) is 0.0595. The first-order valence-corrected chi connectivity index (χ1v) is 23.6. The molecule has 3 aliphatic rings. The second-order valence-electron chi connectivity index (χ2n) is 16.9. The number of hydrogen-bond acceptors (Lipinski definition) is 5. The Kier molecular flexibility index (Phi) is 25.1. The molecule has 4 atom stereocenters. The van der Waals surface area contributed by atoms with Crippen molar-refractivity contribution in [2.75, 3.05) is 5.75 Å². The third-order valence-corrected chi connectivity index (χ3v) is 13.9. The van der Waals surface area contributed by atoms with Gasteiger partial charge in [0.15, 0.2) is 0 Å². The van der Waals surface area contributed by atoms with E-state index < -0.39 is 0 Å². The summed E-state index contributed by atoms with van der Waals surface area (Å²) < 4.78 is 12.6. The molecule has 0 heterocycles. The van der Waals surface area contributed by atoms with Gasteiger partial charge in [0.05, 0.1) is 0 Å². The van der Waals surface area contributed by atoms with Crippen molar-refractivity contribution in [2.45, 2.75) is 250 Å². The maximum Gasteiger partial charge on any atom is 0.306 e. The van der Waals surface area contributed by atoms with Crippen LogP contribution in [0.15, 0.2) is 0 Å². The monoisotopic (exact) mass is 719 g/mol. The molecular formula is C45H82O4S. The lowest BCUT2D eigenvalue weighted by Crippen LogP contribution is -2.33. The first kappa shape index (κ1) is 43.7. The highest BCUT2D eigenvalue weighted by atomic mass is 32.2. The highest BCUT2D eigenvalue weighted by molar-refractivity contribution is 7.99. The number of carbonyl (C=O) groups excluding carboxylic acids is 2. The minimum absolute atomic E-state index is 0.0200. The van der Waals surface area contributed by atoms with E-state index in [4.69, 9.17) is 9.47 Å². The first-order chi connectivity index (χ1) is 24.6. The second-order valence-corrected chi connectivity index (χ2v) is 18.3. The highest BCUT2D eigenvalue weighted by Crippen LogP contribution is 2.34. The van der Waals surface area contributed by atoms with Crippen molar-refractivity contribution in [2.24, 2.45) is 17.8 Å². The summed E-state index contributed by atoms with van der Waals surface area (Å²) >= 11 is 2.00. The van der Waals surface area contributed by atoms with Gasteiger partial charge in [0, 0.05) is 18.1 Å². The van der Waals surface area contributed by atoms with Gasteiger partial charge in [-0.25, -0.2) is 0 Å². The minimum Gasteiger partial charge on any atom is -0.462 e. The van der Waals surface area contributed by atoms with E-state index in [0.29, 0.717) is 29.9 Å². The van der Waals surface area contributed by atoms with Crippen molar-refractivity contribution in [1.82, 2.24) is 0 Å². The van der Waals surface area contributed by atoms with Crippen LogP contribution in [0.2, 0.25) is 0 Å². The Morgan fingerprint density at radius 1 is 0.580 bits per heavy atom. The smallest absolute Gasteiger partial charge is 0.306 e. The predicted octanol–water partition coefficient (Wildman–Crippen LogP) is 14.1. The van der Waals surface area contributed by atoms with Gasteiger partial charge in [-0.3, -0.25) is 9.59 Å². The van der Waals surface area contributed by atoms with E-state index in [1.165, 1.54) is 161 Å². The van der Waals surface area contributed by atoms with E-state index >= 15 is 0 Å². The van der Waals surface area contributed by atoms with Crippen LogP contribution in [0.4, 0.5) is 0 Å². The zero-order chi connectivity index (χ0) is 35.5. The summed E-state index contributed by atoms with van der Waals surface area (Å²) in [7, 11) is 0. The van der Waals surface area contributed by atoms with E-state index in [2.05, 4.69) is 13.8 Å². The topological polar surface area (TPSA) is 52.6 Å². The fourth-order valence-electron chi connectivity index (χ4n) is 9.21. The van der Waals surface area contributed by atoms with Gasteiger partial charge in [-0.1, -0.05) is 174 Å². The molecule has 0 aromatic carbocycles. The van der Waals surface area contributed by atoms with Gasteiger partial charge < -0.3 is 9.47 Å². The van der Waals surface area contributed by atoms with Gasteiger partial charge in [-0.15, -0.1) is 0 Å². The Labute approximate surface area is 314 Å². The molecule has 0 saturated heterocycles. The standard InChI is InChI=1S/C45H82O4S/c1-3-5-7-8-9-10-11-12-16-28-40(27-15-6-4-2)37-41(48-44(46)33-31-38-23-17-13-18-24-38)35-36-50-43-30-22-21-29-42(43)49-45(47)34-32-39-25-19-14-20-26-39/h38-43H,3-37H2,1-2H3/t40?,41?,42-,43-/m1/s1. The van der Waals surface area contributed by atoms with Crippen molar-refractivity contribution < 1.29 is 19.1 Å². The maximum absolute atomic E-state index is 13.3. The van der Waals surface area contributed by atoms with E-state index in [9.17, 15) is 9.59 Å². The van der Waals surface area contributed by atoms with Gasteiger partial charge >= 0.3 is 11.9 Å². The molecule has 0 aromatic rings. The fraction of sp³-hybridized carbons (Fsp3) is 0.956. The molecule has 292 valence electrons. The van der Waals surface area contributed by atoms with Crippen molar-refractivity contribution in [3.8, 4) is 0 Å². The summed E-state index contributed by atoms with van der Waals surface area (Å²) in [5, 5.41) is 0.382. The van der Waals surface area contributed by atoms with Gasteiger partial charge in [0.1, 0.15) is 12.2 Å². The van der Waals surface area contributed by atoms with E-state index in [1.807, 2.05) is 11.8 Å². The Morgan fingerprint density at radius 3 is 1.70 bits per heavy atom. The molecule has 3 saturated carbocycles. The first-order valence-electron chi connectivity index (χ1n) is 22.6. The molecule has 0 amide bonds. The molecule has 0 bridgehead atoms. The fourth-order valence-corrected chi connectivity index (χ4v) is 10.7. The average Bonchev–Trinajstić information content (AvgIpc) is 3.14. The number of rotatable bonds is 28. The minimum atomic E-state index is 0.0200. The van der Waals surface area contributed by atoms with E-state index in [0.717, 1.165) is 56.6 Å². The Morgan fingerprint density at radius 2 is 1.08 bits per heavy atom. The highest BCUT2D eigenvalue weighted by Gasteiger charge is 2.30. The number of thioether (sulfide) groups is 1. The SMILES string of the molecule is CCCCCCCCCCCC(CCCCC)CC(CCS[C@@H]1CCCC[C@H]1OC(=O)CCC1CCCCC1)OC(=O)CCC1CCCCC1. The molecule has 0 aliphatic heterocycles. The molecular weight excluding hydrogens is 637 g/mol. The number of unbranched alkanes of at least 4 members (excludes halogenated alkanes) is 10. The third-order valence-electron chi connectivity index (χ3n) is 12.5. The van der Waals surface area contributed by atoms with E-state index in [-0.39, 0.29) is 24.1 Å². The van der Waals surface area contributed by atoms with Crippen molar-refractivity contribution in [3.05, 3.63) is 0 Å². The Bertz CT molecular complexity index is 835. The summed E-state index contributed by atoms with van der Waals surface area (Å²) in [5.41, 5.74) is 0. The van der Waals surface area contributed by atoms with Gasteiger partial charge in [0.2, 0.25) is 0 Å². The lowest BCUT2D eigenvalue weighted by molar-refractivity contribution is -0.151. The van der Waals surface area contributed by atoms with Gasteiger partial charge in [-0.2, -0.15) is 11.8 Å². The van der Waals surface area contributed by atoms with Crippen molar-refractivity contribution in [1.29, 1.82) is 0 Å². The van der Waals surface area contributed by atoms with Crippen LogP contribution in [0, 0.1) is 17.8 Å². The number of esters is 2. The summed E-state index contributed by atoms with van der Waals surface area (Å²) in [5.74, 6) is 3.15. The summed E-state index contributed by atoms with van der Waals surface area (Å²) in [4.78, 5) is 26.2. The maximum atomic E-state index is 13.3. The molecule has 4 nitrogen and oxygen atoms in total. The zero-order valence-electron chi connectivity index (χ0n) is 33.3. The lowest BCUT2D eigenvalue weighted by Gasteiger charge is -2.31. The Balaban J connectivity index is 1.50. The van der Waals surface area contributed by atoms with E-state index in [1.54, 1.807) is 0 Å². The third kappa shape index (κ3) is 20.5. The number of ether oxygens (including phenoxy) is 2. The van der Waals surface area contributed by atoms with Crippen LogP contribution < -0.4 is 0 Å². The van der Waals surface area contributed by atoms with Crippen LogP contribution in [-0.4, -0.2) is 35.1 Å². The zero-order valence-corrected chi connectivity index (χ0v) is 34.1. The van der Waals surface area contributed by atoms with Crippen molar-refractivity contribution >= 4 is 23.7 Å². The van der Waals surface area contributed by atoms with Crippen LogP contribution in [-0.2, 0) is 19.1 Å². The molecule has 2 unspecified atom stereocenters. The number of carbonyl (C=O) groups is 2. The molecule has 0 N–H and O–H groups in total. The van der Waals surface area contributed by atoms with Crippen LogP contribution in [0.25, 0.3) is 0 Å². The molecule has 0 spiro atoms. The van der Waals surface area contributed by atoms with Gasteiger partial charge in [-0.05, 0) is 68.5 Å². The molecule has 3 fully saturated rings. The average molecular weight is 719 g/mol. The molecule has 0 aromatic heterocycles. The van der Waals surface area contributed by atoms with Crippen LogP contribution in [0.3, 0.4) is 0 Å². The normalized spacial score (nSPS) is 21.9. The van der Waals surface area contributed by atoms with Crippen LogP contribution in [0.1, 0.15) is 232 Å². The molecule has 5 heteroatoms. The summed E-state index contributed by atoms with van der Waals surface area (Å²) in [6, 6.07) is 0. The predicted molar refractivity (Wildman–Crippen MR) is 215 cm³/mol. The molecule has 0 radical (unpaired) electrons. The summed E-state index contributed by atoms with van der Waals surface area (Å²) in [6.07, 6.45) is 41.7. The second kappa shape index (κ2) is 28.7. The Hall–Kier alpha value is -0.710. The number of hydrogen-bond donors (Lipinski definition) is 0. The van der Waals surface area contributed by atoms with Gasteiger partial charge in [0.25, 0.3) is 0 Å².